The zero-order valence-electron chi connectivity index (χ0n) is 10.6. The summed E-state index contributed by atoms with van der Waals surface area (Å²) in [5, 5.41) is 0. The van der Waals surface area contributed by atoms with Crippen molar-refractivity contribution in [1.29, 1.82) is 0 Å². The van der Waals surface area contributed by atoms with Crippen molar-refractivity contribution in [2.45, 2.75) is 24.3 Å². The van der Waals surface area contributed by atoms with Crippen LogP contribution < -0.4 is 5.73 Å². The Hall–Kier alpha value is -0.830. The maximum Gasteiger partial charge on any atom is 0.0271 e. The fourth-order valence-electron chi connectivity index (χ4n) is 2.64. The molecule has 2 atom stereocenters. The first-order valence-corrected chi connectivity index (χ1v) is 7.05. The van der Waals surface area contributed by atoms with E-state index in [4.69, 9.17) is 5.73 Å². The van der Waals surface area contributed by atoms with E-state index in [0.717, 1.165) is 17.3 Å². The van der Waals surface area contributed by atoms with E-state index in [0.29, 0.717) is 5.92 Å². The molecule has 0 spiro atoms. The van der Waals surface area contributed by atoms with E-state index in [-0.39, 0.29) is 17.9 Å². The highest BCUT2D eigenvalue weighted by atomic mass is 79.9. The average molecular weight is 339 g/mol. The number of benzene rings is 2. The van der Waals surface area contributed by atoms with Crippen LogP contribution in [0.2, 0.25) is 0 Å². The van der Waals surface area contributed by atoms with Gasteiger partial charge < -0.3 is 5.73 Å². The van der Waals surface area contributed by atoms with E-state index < -0.39 is 0 Å². The van der Waals surface area contributed by atoms with E-state index in [1.165, 1.54) is 11.1 Å². The lowest BCUT2D eigenvalue weighted by Gasteiger charge is -2.12. The minimum absolute atomic E-state index is 0. The molecule has 2 aromatic rings. The van der Waals surface area contributed by atoms with Gasteiger partial charge in [0.05, 0.1) is 0 Å². The SMILES string of the molecule is Cl.N[C@@]1(Cc2ccccc2)C[C@@H]1c1ccc(Br)cc1. The summed E-state index contributed by atoms with van der Waals surface area (Å²) in [6, 6.07) is 19.1. The molecule has 1 fully saturated rings. The molecule has 3 heteroatoms. The Labute approximate surface area is 128 Å². The molecule has 0 saturated heterocycles. The average Bonchev–Trinajstić information content (AvgIpc) is 3.03. The fourth-order valence-corrected chi connectivity index (χ4v) is 2.90. The molecule has 19 heavy (non-hydrogen) atoms. The predicted molar refractivity (Wildman–Crippen MR) is 85.8 cm³/mol. The Balaban J connectivity index is 0.00000133. The van der Waals surface area contributed by atoms with E-state index >= 15 is 0 Å². The summed E-state index contributed by atoms with van der Waals surface area (Å²) >= 11 is 3.47. The van der Waals surface area contributed by atoms with Crippen LogP contribution in [0.25, 0.3) is 0 Å². The topological polar surface area (TPSA) is 26.0 Å². The molecule has 1 saturated carbocycles. The summed E-state index contributed by atoms with van der Waals surface area (Å²) < 4.78 is 1.12. The number of nitrogens with two attached hydrogens (primary N) is 1. The lowest BCUT2D eigenvalue weighted by Crippen LogP contribution is -2.27. The van der Waals surface area contributed by atoms with Crippen LogP contribution in [-0.4, -0.2) is 5.54 Å². The molecule has 2 aromatic carbocycles. The van der Waals surface area contributed by atoms with Crippen LogP contribution in [-0.2, 0) is 6.42 Å². The third-order valence-electron chi connectivity index (χ3n) is 3.77. The second kappa shape index (κ2) is 5.66. The van der Waals surface area contributed by atoms with Gasteiger partial charge >= 0.3 is 0 Å². The lowest BCUT2D eigenvalue weighted by atomic mass is 10.00. The highest BCUT2D eigenvalue weighted by Crippen LogP contribution is 2.51. The van der Waals surface area contributed by atoms with Gasteiger partial charge in [-0.2, -0.15) is 0 Å². The van der Waals surface area contributed by atoms with Gasteiger partial charge in [0.1, 0.15) is 0 Å². The highest BCUT2D eigenvalue weighted by molar-refractivity contribution is 9.10. The van der Waals surface area contributed by atoms with Crippen LogP contribution >= 0.6 is 28.3 Å². The Kier molecular flexibility index (Phi) is 4.34. The summed E-state index contributed by atoms with van der Waals surface area (Å²) in [5.74, 6) is 0.505. The maximum atomic E-state index is 6.48. The fraction of sp³-hybridized carbons (Fsp3) is 0.250. The van der Waals surface area contributed by atoms with Crippen molar-refractivity contribution >= 4 is 28.3 Å². The Morgan fingerprint density at radius 3 is 2.32 bits per heavy atom. The van der Waals surface area contributed by atoms with Crippen molar-refractivity contribution in [2.75, 3.05) is 0 Å². The molecular weight excluding hydrogens is 322 g/mol. The van der Waals surface area contributed by atoms with Crippen LogP contribution in [0.1, 0.15) is 23.5 Å². The Morgan fingerprint density at radius 2 is 1.68 bits per heavy atom. The molecule has 1 nitrogen and oxygen atoms in total. The van der Waals surface area contributed by atoms with Gasteiger partial charge in [0.15, 0.2) is 0 Å². The van der Waals surface area contributed by atoms with Gasteiger partial charge in [0.2, 0.25) is 0 Å². The first-order chi connectivity index (χ1) is 8.67. The molecule has 1 aliphatic carbocycles. The summed E-state index contributed by atoms with van der Waals surface area (Å²) in [5.41, 5.74) is 9.13. The molecule has 0 heterocycles. The van der Waals surface area contributed by atoms with Crippen LogP contribution in [0.4, 0.5) is 0 Å². The van der Waals surface area contributed by atoms with Crippen molar-refractivity contribution in [2.24, 2.45) is 5.73 Å². The van der Waals surface area contributed by atoms with Crippen LogP contribution in [0.15, 0.2) is 59.1 Å². The second-order valence-electron chi connectivity index (χ2n) is 5.20. The third kappa shape index (κ3) is 3.19. The number of rotatable bonds is 3. The number of hydrogen-bond acceptors (Lipinski definition) is 1. The molecular formula is C16H17BrClN. The largest absolute Gasteiger partial charge is 0.324 e. The van der Waals surface area contributed by atoms with E-state index in [1.54, 1.807) is 0 Å². The predicted octanol–water partition coefficient (Wildman–Crippen LogP) is 4.30. The van der Waals surface area contributed by atoms with E-state index in [1.807, 2.05) is 6.07 Å². The molecule has 0 aromatic heterocycles. The van der Waals surface area contributed by atoms with Gasteiger partial charge in [0.25, 0.3) is 0 Å². The summed E-state index contributed by atoms with van der Waals surface area (Å²) in [7, 11) is 0. The van der Waals surface area contributed by atoms with Gasteiger partial charge in [-0.15, -0.1) is 12.4 Å². The van der Waals surface area contributed by atoms with Crippen molar-refractivity contribution in [3.63, 3.8) is 0 Å². The monoisotopic (exact) mass is 337 g/mol. The zero-order chi connectivity index (χ0) is 12.6. The Bertz CT molecular complexity index is 540. The second-order valence-corrected chi connectivity index (χ2v) is 6.12. The van der Waals surface area contributed by atoms with Crippen molar-refractivity contribution in [1.82, 2.24) is 0 Å². The molecule has 3 rings (SSSR count). The van der Waals surface area contributed by atoms with Gasteiger partial charge in [-0.3, -0.25) is 0 Å². The molecule has 0 aliphatic heterocycles. The van der Waals surface area contributed by atoms with Gasteiger partial charge in [-0.05, 0) is 36.1 Å². The summed E-state index contributed by atoms with van der Waals surface area (Å²) in [6.45, 7) is 0. The molecule has 1 aliphatic rings. The minimum atomic E-state index is -0.0464. The van der Waals surface area contributed by atoms with Crippen molar-refractivity contribution in [3.05, 3.63) is 70.2 Å². The van der Waals surface area contributed by atoms with Crippen LogP contribution in [0, 0.1) is 0 Å². The Morgan fingerprint density at radius 1 is 1.05 bits per heavy atom. The number of hydrogen-bond donors (Lipinski definition) is 1. The minimum Gasteiger partial charge on any atom is -0.324 e. The highest BCUT2D eigenvalue weighted by Gasteiger charge is 2.51. The first-order valence-electron chi connectivity index (χ1n) is 6.26. The number of halogens is 2. The normalized spacial score (nSPS) is 24.6. The summed E-state index contributed by atoms with van der Waals surface area (Å²) in [4.78, 5) is 0. The smallest absolute Gasteiger partial charge is 0.0271 e. The molecule has 0 bridgehead atoms. The quantitative estimate of drug-likeness (QED) is 0.887. The zero-order valence-corrected chi connectivity index (χ0v) is 13.0. The van der Waals surface area contributed by atoms with Gasteiger partial charge in [-0.25, -0.2) is 0 Å². The van der Waals surface area contributed by atoms with Crippen LogP contribution in [0.3, 0.4) is 0 Å². The summed E-state index contributed by atoms with van der Waals surface area (Å²) in [6.07, 6.45) is 2.05. The molecule has 2 N–H and O–H groups in total. The van der Waals surface area contributed by atoms with Crippen molar-refractivity contribution < 1.29 is 0 Å². The standard InChI is InChI=1S/C16H16BrN.ClH/c17-14-8-6-13(7-9-14)15-11-16(15,18)10-12-4-2-1-3-5-12;/h1-9,15H,10-11,18H2;1H/t15-,16+;/m1./s1. The van der Waals surface area contributed by atoms with Gasteiger partial charge in [0, 0.05) is 15.9 Å². The van der Waals surface area contributed by atoms with Crippen LogP contribution in [0.5, 0.6) is 0 Å². The molecule has 0 amide bonds. The lowest BCUT2D eigenvalue weighted by molar-refractivity contribution is 0.646. The first kappa shape index (κ1) is 14.6. The maximum absolute atomic E-state index is 6.48. The molecule has 100 valence electrons. The molecule has 0 radical (unpaired) electrons. The molecule has 0 unspecified atom stereocenters. The van der Waals surface area contributed by atoms with Gasteiger partial charge in [-0.1, -0.05) is 58.4 Å². The van der Waals surface area contributed by atoms with E-state index in [9.17, 15) is 0 Å². The van der Waals surface area contributed by atoms with Crippen molar-refractivity contribution in [3.8, 4) is 0 Å². The third-order valence-corrected chi connectivity index (χ3v) is 4.30. The van der Waals surface area contributed by atoms with E-state index in [2.05, 4.69) is 64.5 Å².